The molecule has 84 valence electrons. The molecule has 0 aliphatic carbocycles. The van der Waals surface area contributed by atoms with E-state index in [9.17, 15) is 4.79 Å². The molecule has 0 unspecified atom stereocenters. The van der Waals surface area contributed by atoms with Crippen molar-refractivity contribution in [2.24, 2.45) is 0 Å². The zero-order valence-electron chi connectivity index (χ0n) is 8.87. The maximum absolute atomic E-state index is 10.6. The van der Waals surface area contributed by atoms with Crippen LogP contribution in [0, 0.1) is 11.3 Å². The fourth-order valence-electron chi connectivity index (χ4n) is 1.60. The lowest BCUT2D eigenvalue weighted by molar-refractivity contribution is -0.137. The number of hydrogen-bond donors (Lipinski definition) is 1. The molecule has 0 saturated heterocycles. The summed E-state index contributed by atoms with van der Waals surface area (Å²) >= 11 is 0. The highest BCUT2D eigenvalue weighted by molar-refractivity contribution is 5.71. The van der Waals surface area contributed by atoms with Crippen LogP contribution in [0.1, 0.15) is 5.56 Å². The van der Waals surface area contributed by atoms with Crippen LogP contribution in [-0.2, 0) is 11.3 Å². The van der Waals surface area contributed by atoms with E-state index in [1.165, 1.54) is 10.8 Å². The molecule has 0 aromatic carbocycles. The van der Waals surface area contributed by atoms with E-state index in [-0.39, 0.29) is 6.54 Å². The highest BCUT2D eigenvalue weighted by atomic mass is 16.4. The van der Waals surface area contributed by atoms with E-state index in [2.05, 4.69) is 4.98 Å². The number of carboxylic acids is 1. The molecule has 2 aromatic rings. The SMILES string of the molecule is N#Cc1cn(CC(=O)O)cc1-c1cccnc1. The van der Waals surface area contributed by atoms with Gasteiger partial charge in [-0.25, -0.2) is 0 Å². The Morgan fingerprint density at radius 3 is 2.94 bits per heavy atom. The van der Waals surface area contributed by atoms with E-state index >= 15 is 0 Å². The second kappa shape index (κ2) is 4.49. The summed E-state index contributed by atoms with van der Waals surface area (Å²) in [4.78, 5) is 14.6. The number of aliphatic carboxylic acids is 1. The van der Waals surface area contributed by atoms with Gasteiger partial charge in [-0.3, -0.25) is 9.78 Å². The van der Waals surface area contributed by atoms with E-state index in [0.29, 0.717) is 11.1 Å². The van der Waals surface area contributed by atoms with Crippen LogP contribution in [0.5, 0.6) is 0 Å². The number of hydrogen-bond acceptors (Lipinski definition) is 3. The molecule has 0 bridgehead atoms. The first-order chi connectivity index (χ1) is 8.20. The van der Waals surface area contributed by atoms with Crippen molar-refractivity contribution in [3.8, 4) is 17.2 Å². The van der Waals surface area contributed by atoms with E-state index in [4.69, 9.17) is 10.4 Å². The zero-order valence-corrected chi connectivity index (χ0v) is 8.87. The predicted molar refractivity (Wildman–Crippen MR) is 60.0 cm³/mol. The van der Waals surface area contributed by atoms with Crippen LogP contribution in [0.15, 0.2) is 36.9 Å². The molecule has 5 heteroatoms. The molecule has 0 fully saturated rings. The highest BCUT2D eigenvalue weighted by Crippen LogP contribution is 2.23. The molecule has 17 heavy (non-hydrogen) atoms. The van der Waals surface area contributed by atoms with E-state index in [1.54, 1.807) is 24.7 Å². The topological polar surface area (TPSA) is 78.9 Å². The van der Waals surface area contributed by atoms with Crippen molar-refractivity contribution < 1.29 is 9.90 Å². The summed E-state index contributed by atoms with van der Waals surface area (Å²) in [5.41, 5.74) is 1.94. The Balaban J connectivity index is 2.44. The monoisotopic (exact) mass is 227 g/mol. The van der Waals surface area contributed by atoms with E-state index in [0.717, 1.165) is 5.56 Å². The van der Waals surface area contributed by atoms with E-state index in [1.807, 2.05) is 12.1 Å². The van der Waals surface area contributed by atoms with Gasteiger partial charge in [-0.1, -0.05) is 6.07 Å². The number of pyridine rings is 1. The lowest BCUT2D eigenvalue weighted by atomic mass is 10.1. The van der Waals surface area contributed by atoms with Gasteiger partial charge >= 0.3 is 5.97 Å². The largest absolute Gasteiger partial charge is 0.480 e. The molecule has 0 aliphatic heterocycles. The smallest absolute Gasteiger partial charge is 0.323 e. The molecule has 0 radical (unpaired) electrons. The molecule has 0 aliphatic rings. The third-order valence-electron chi connectivity index (χ3n) is 2.29. The van der Waals surface area contributed by atoms with Gasteiger partial charge in [0.1, 0.15) is 12.6 Å². The summed E-state index contributed by atoms with van der Waals surface area (Å²) in [6.45, 7) is -0.158. The summed E-state index contributed by atoms with van der Waals surface area (Å²) in [6, 6.07) is 5.64. The molecule has 0 amide bonds. The number of carboxylic acid groups (broad SMARTS) is 1. The van der Waals surface area contributed by atoms with Crippen LogP contribution < -0.4 is 0 Å². The van der Waals surface area contributed by atoms with Gasteiger partial charge in [0.15, 0.2) is 0 Å². The van der Waals surface area contributed by atoms with Gasteiger partial charge < -0.3 is 9.67 Å². The lowest BCUT2D eigenvalue weighted by Crippen LogP contribution is -2.06. The highest BCUT2D eigenvalue weighted by Gasteiger charge is 2.10. The Morgan fingerprint density at radius 2 is 2.35 bits per heavy atom. The van der Waals surface area contributed by atoms with Crippen LogP contribution in [0.4, 0.5) is 0 Å². The summed E-state index contributed by atoms with van der Waals surface area (Å²) in [7, 11) is 0. The fraction of sp³-hybridized carbons (Fsp3) is 0.0833. The minimum Gasteiger partial charge on any atom is -0.480 e. The maximum Gasteiger partial charge on any atom is 0.323 e. The minimum absolute atomic E-state index is 0.158. The number of aromatic nitrogens is 2. The summed E-state index contributed by atoms with van der Waals surface area (Å²) in [6.07, 6.45) is 6.45. The average molecular weight is 227 g/mol. The molecule has 2 aromatic heterocycles. The molecule has 0 saturated carbocycles. The molecule has 1 N–H and O–H groups in total. The van der Waals surface area contributed by atoms with Crippen molar-refractivity contribution in [3.05, 3.63) is 42.5 Å². The first kappa shape index (κ1) is 10.9. The third-order valence-corrected chi connectivity index (χ3v) is 2.29. The Morgan fingerprint density at radius 1 is 1.53 bits per heavy atom. The molecule has 2 rings (SSSR count). The fourth-order valence-corrected chi connectivity index (χ4v) is 1.60. The van der Waals surface area contributed by atoms with Gasteiger partial charge in [0.05, 0.1) is 5.56 Å². The van der Waals surface area contributed by atoms with Gasteiger partial charge in [-0.05, 0) is 6.07 Å². The number of nitrogens with zero attached hydrogens (tertiary/aromatic N) is 3. The molecule has 5 nitrogen and oxygen atoms in total. The van der Waals surface area contributed by atoms with Gasteiger partial charge in [0, 0.05) is 35.9 Å². The van der Waals surface area contributed by atoms with Crippen molar-refractivity contribution in [2.75, 3.05) is 0 Å². The standard InChI is InChI=1S/C12H9N3O2/c13-4-10-6-15(8-12(16)17)7-11(10)9-2-1-3-14-5-9/h1-3,5-7H,8H2,(H,16,17). The van der Waals surface area contributed by atoms with E-state index < -0.39 is 5.97 Å². The van der Waals surface area contributed by atoms with Crippen LogP contribution in [0.3, 0.4) is 0 Å². The zero-order chi connectivity index (χ0) is 12.3. The van der Waals surface area contributed by atoms with Gasteiger partial charge in [-0.15, -0.1) is 0 Å². The average Bonchev–Trinajstić information content (AvgIpc) is 2.72. The van der Waals surface area contributed by atoms with Crippen molar-refractivity contribution in [3.63, 3.8) is 0 Å². The normalized spacial score (nSPS) is 9.82. The maximum atomic E-state index is 10.6. The summed E-state index contributed by atoms with van der Waals surface area (Å²) in [5, 5.41) is 17.7. The number of carbonyl (C=O) groups is 1. The van der Waals surface area contributed by atoms with Crippen molar-refractivity contribution in [2.45, 2.75) is 6.54 Å². The Bertz CT molecular complexity index is 582. The van der Waals surface area contributed by atoms with Crippen LogP contribution in [-0.4, -0.2) is 20.6 Å². The Labute approximate surface area is 97.6 Å². The molecular formula is C12H9N3O2. The second-order valence-corrected chi connectivity index (χ2v) is 3.51. The van der Waals surface area contributed by atoms with Gasteiger partial charge in [-0.2, -0.15) is 5.26 Å². The lowest BCUT2D eigenvalue weighted by Gasteiger charge is -1.97. The molecule has 2 heterocycles. The minimum atomic E-state index is -0.942. The summed E-state index contributed by atoms with van der Waals surface area (Å²) < 4.78 is 1.48. The van der Waals surface area contributed by atoms with Gasteiger partial charge in [0.25, 0.3) is 0 Å². The summed E-state index contributed by atoms with van der Waals surface area (Å²) in [5.74, 6) is -0.942. The first-order valence-electron chi connectivity index (χ1n) is 4.93. The second-order valence-electron chi connectivity index (χ2n) is 3.51. The molecule has 0 atom stereocenters. The Hall–Kier alpha value is -2.61. The van der Waals surface area contributed by atoms with Gasteiger partial charge in [0.2, 0.25) is 0 Å². The number of nitriles is 1. The number of rotatable bonds is 3. The van der Waals surface area contributed by atoms with Crippen LogP contribution in [0.2, 0.25) is 0 Å². The third kappa shape index (κ3) is 2.32. The Kier molecular flexibility index (Phi) is 2.88. The van der Waals surface area contributed by atoms with Crippen LogP contribution >= 0.6 is 0 Å². The van der Waals surface area contributed by atoms with Crippen molar-refractivity contribution >= 4 is 5.97 Å². The first-order valence-corrected chi connectivity index (χ1v) is 4.93. The van der Waals surface area contributed by atoms with Crippen molar-refractivity contribution in [1.82, 2.24) is 9.55 Å². The molecule has 0 spiro atoms. The van der Waals surface area contributed by atoms with Crippen molar-refractivity contribution in [1.29, 1.82) is 5.26 Å². The van der Waals surface area contributed by atoms with Crippen LogP contribution in [0.25, 0.3) is 11.1 Å². The quantitative estimate of drug-likeness (QED) is 0.861. The molecular weight excluding hydrogens is 218 g/mol. The predicted octanol–water partition coefficient (Wildman–Crippen LogP) is 1.51.